The van der Waals surface area contributed by atoms with Crippen molar-refractivity contribution in [2.45, 2.75) is 32.8 Å². The van der Waals surface area contributed by atoms with Crippen LogP contribution in [0.15, 0.2) is 11.1 Å². The molecule has 18 heavy (non-hydrogen) atoms. The molecule has 0 aromatic rings. The summed E-state index contributed by atoms with van der Waals surface area (Å²) >= 11 is 5.86. The van der Waals surface area contributed by atoms with Gasteiger partial charge in [-0.25, -0.2) is 4.79 Å². The van der Waals surface area contributed by atoms with Gasteiger partial charge in [-0.2, -0.15) is 0 Å². The normalized spacial score (nSPS) is 15.3. The summed E-state index contributed by atoms with van der Waals surface area (Å²) in [5.74, 6) is -0.304. The predicted molar refractivity (Wildman–Crippen MR) is 69.4 cm³/mol. The van der Waals surface area contributed by atoms with E-state index in [9.17, 15) is 9.59 Å². The van der Waals surface area contributed by atoms with E-state index in [1.807, 2.05) is 6.08 Å². The molecule has 5 nitrogen and oxygen atoms in total. The van der Waals surface area contributed by atoms with Crippen LogP contribution in [0.2, 0.25) is 0 Å². The summed E-state index contributed by atoms with van der Waals surface area (Å²) in [5.41, 5.74) is 0. The molecule has 0 spiro atoms. The van der Waals surface area contributed by atoms with E-state index in [-0.39, 0.29) is 31.1 Å². The van der Waals surface area contributed by atoms with Crippen LogP contribution in [0.25, 0.3) is 0 Å². The number of nitrogens with zero attached hydrogens (tertiary/aromatic N) is 1. The van der Waals surface area contributed by atoms with Gasteiger partial charge in [0.2, 0.25) is 0 Å². The Balaban J connectivity index is 2.21. The molecular formula is C12H19ClN2O3. The molecule has 1 rings (SSSR count). The van der Waals surface area contributed by atoms with Crippen LogP contribution in [0.4, 0.5) is 4.79 Å². The summed E-state index contributed by atoms with van der Waals surface area (Å²) in [7, 11) is 0. The van der Waals surface area contributed by atoms with Crippen LogP contribution in [-0.4, -0.2) is 42.6 Å². The molecule has 0 saturated carbocycles. The fourth-order valence-corrected chi connectivity index (χ4v) is 1.83. The predicted octanol–water partition coefficient (Wildman–Crippen LogP) is 1.87. The van der Waals surface area contributed by atoms with Gasteiger partial charge in [0, 0.05) is 18.1 Å². The number of urea groups is 1. The first-order chi connectivity index (χ1) is 8.49. The lowest BCUT2D eigenvalue weighted by Crippen LogP contribution is -2.43. The molecule has 0 saturated heterocycles. The highest BCUT2D eigenvalue weighted by molar-refractivity contribution is 6.30. The Hall–Kier alpha value is -1.23. The molecule has 0 bridgehead atoms. The fourth-order valence-electron chi connectivity index (χ4n) is 1.58. The van der Waals surface area contributed by atoms with Gasteiger partial charge in [0.25, 0.3) is 0 Å². The first-order valence-corrected chi connectivity index (χ1v) is 6.43. The SMILES string of the molecule is CC(C)OC(=O)CCNC(=O)N1CCC=C(Cl)C1. The molecule has 0 aromatic heterocycles. The Morgan fingerprint density at radius 1 is 1.56 bits per heavy atom. The molecule has 6 heteroatoms. The summed E-state index contributed by atoms with van der Waals surface area (Å²) in [6, 6.07) is -0.196. The molecule has 1 aliphatic heterocycles. The molecule has 102 valence electrons. The second-order valence-corrected chi connectivity index (χ2v) is 4.87. The van der Waals surface area contributed by atoms with Crippen molar-refractivity contribution in [2.24, 2.45) is 0 Å². The highest BCUT2D eigenvalue weighted by atomic mass is 35.5. The van der Waals surface area contributed by atoms with Crippen molar-refractivity contribution in [2.75, 3.05) is 19.6 Å². The number of amides is 2. The minimum Gasteiger partial charge on any atom is -0.463 e. The van der Waals surface area contributed by atoms with E-state index < -0.39 is 0 Å². The van der Waals surface area contributed by atoms with Crippen molar-refractivity contribution in [3.05, 3.63) is 11.1 Å². The van der Waals surface area contributed by atoms with Crippen molar-refractivity contribution in [3.63, 3.8) is 0 Å². The Bertz CT molecular complexity index is 342. The minimum atomic E-state index is -0.304. The summed E-state index contributed by atoms with van der Waals surface area (Å²) < 4.78 is 4.96. The van der Waals surface area contributed by atoms with E-state index in [1.54, 1.807) is 18.7 Å². The number of hydrogen-bond donors (Lipinski definition) is 1. The number of carbonyl (C=O) groups is 2. The summed E-state index contributed by atoms with van der Waals surface area (Å²) in [4.78, 5) is 24.6. The van der Waals surface area contributed by atoms with Gasteiger partial charge in [-0.1, -0.05) is 17.7 Å². The lowest BCUT2D eigenvalue weighted by molar-refractivity contribution is -0.147. The Kier molecular flexibility index (Phi) is 5.98. The van der Waals surface area contributed by atoms with Gasteiger partial charge in [0.05, 0.1) is 19.1 Å². The number of rotatable bonds is 4. The maximum atomic E-state index is 11.7. The third kappa shape index (κ3) is 5.40. The lowest BCUT2D eigenvalue weighted by atomic mass is 10.2. The van der Waals surface area contributed by atoms with Gasteiger partial charge >= 0.3 is 12.0 Å². The van der Waals surface area contributed by atoms with Crippen molar-refractivity contribution < 1.29 is 14.3 Å². The zero-order valence-corrected chi connectivity index (χ0v) is 11.5. The molecule has 0 unspecified atom stereocenters. The van der Waals surface area contributed by atoms with Crippen LogP contribution in [0.1, 0.15) is 26.7 Å². The van der Waals surface area contributed by atoms with Gasteiger partial charge < -0.3 is 15.0 Å². The Labute approximate surface area is 112 Å². The van der Waals surface area contributed by atoms with Crippen LogP contribution < -0.4 is 5.32 Å². The molecule has 0 fully saturated rings. The van der Waals surface area contributed by atoms with Crippen LogP contribution in [0.3, 0.4) is 0 Å². The molecule has 0 aliphatic carbocycles. The second kappa shape index (κ2) is 7.26. The Morgan fingerprint density at radius 2 is 2.28 bits per heavy atom. The fraction of sp³-hybridized carbons (Fsp3) is 0.667. The number of carbonyl (C=O) groups excluding carboxylic acids is 2. The van der Waals surface area contributed by atoms with E-state index in [0.717, 1.165) is 6.42 Å². The Morgan fingerprint density at radius 3 is 2.89 bits per heavy atom. The van der Waals surface area contributed by atoms with E-state index in [1.165, 1.54) is 0 Å². The second-order valence-electron chi connectivity index (χ2n) is 4.38. The smallest absolute Gasteiger partial charge is 0.317 e. The third-order valence-corrected chi connectivity index (χ3v) is 2.64. The summed E-state index contributed by atoms with van der Waals surface area (Å²) in [5, 5.41) is 3.35. The van der Waals surface area contributed by atoms with Gasteiger partial charge in [0.1, 0.15) is 0 Å². The van der Waals surface area contributed by atoms with Crippen LogP contribution in [0, 0.1) is 0 Å². The van der Waals surface area contributed by atoms with Gasteiger partial charge in [-0.05, 0) is 20.3 Å². The highest BCUT2D eigenvalue weighted by Crippen LogP contribution is 2.12. The zero-order chi connectivity index (χ0) is 13.5. The van der Waals surface area contributed by atoms with E-state index in [2.05, 4.69) is 5.32 Å². The van der Waals surface area contributed by atoms with E-state index >= 15 is 0 Å². The van der Waals surface area contributed by atoms with Crippen LogP contribution in [0.5, 0.6) is 0 Å². The zero-order valence-electron chi connectivity index (χ0n) is 10.7. The van der Waals surface area contributed by atoms with Crippen molar-refractivity contribution in [3.8, 4) is 0 Å². The molecule has 1 heterocycles. The summed E-state index contributed by atoms with van der Waals surface area (Å²) in [6.45, 7) is 4.95. The summed E-state index contributed by atoms with van der Waals surface area (Å²) in [6.07, 6.45) is 2.73. The average Bonchev–Trinajstić information content (AvgIpc) is 2.27. The van der Waals surface area contributed by atoms with Crippen molar-refractivity contribution >= 4 is 23.6 Å². The molecule has 0 aromatic carbocycles. The topological polar surface area (TPSA) is 58.6 Å². The standard InChI is InChI=1S/C12H19ClN2O3/c1-9(2)18-11(16)5-6-14-12(17)15-7-3-4-10(13)8-15/h4,9H,3,5-8H2,1-2H3,(H,14,17). The van der Waals surface area contributed by atoms with Gasteiger partial charge in [0.15, 0.2) is 0 Å². The highest BCUT2D eigenvalue weighted by Gasteiger charge is 2.17. The van der Waals surface area contributed by atoms with Crippen LogP contribution >= 0.6 is 11.6 Å². The average molecular weight is 275 g/mol. The maximum absolute atomic E-state index is 11.7. The largest absolute Gasteiger partial charge is 0.463 e. The number of hydrogen-bond acceptors (Lipinski definition) is 3. The number of nitrogens with one attached hydrogen (secondary N) is 1. The molecule has 1 aliphatic rings. The molecule has 1 N–H and O–H groups in total. The van der Waals surface area contributed by atoms with E-state index in [0.29, 0.717) is 18.1 Å². The molecular weight excluding hydrogens is 256 g/mol. The quantitative estimate of drug-likeness (QED) is 0.796. The lowest BCUT2D eigenvalue weighted by Gasteiger charge is -2.25. The van der Waals surface area contributed by atoms with Crippen molar-refractivity contribution in [1.82, 2.24) is 10.2 Å². The third-order valence-electron chi connectivity index (χ3n) is 2.37. The van der Waals surface area contributed by atoms with E-state index in [4.69, 9.17) is 16.3 Å². The van der Waals surface area contributed by atoms with Crippen molar-refractivity contribution in [1.29, 1.82) is 0 Å². The number of halogens is 1. The van der Waals surface area contributed by atoms with Gasteiger partial charge in [-0.3, -0.25) is 4.79 Å². The number of ether oxygens (including phenoxy) is 1. The monoisotopic (exact) mass is 274 g/mol. The first-order valence-electron chi connectivity index (χ1n) is 6.06. The van der Waals surface area contributed by atoms with Gasteiger partial charge in [-0.15, -0.1) is 0 Å². The molecule has 0 atom stereocenters. The number of esters is 1. The first kappa shape index (κ1) is 14.8. The maximum Gasteiger partial charge on any atom is 0.317 e. The van der Waals surface area contributed by atoms with Crippen LogP contribution in [-0.2, 0) is 9.53 Å². The minimum absolute atomic E-state index is 0.126. The molecule has 0 radical (unpaired) electrons. The molecule has 2 amide bonds.